The smallest absolute Gasteiger partial charge is 0.337 e. The van der Waals surface area contributed by atoms with Crippen molar-refractivity contribution < 1.29 is 19.1 Å². The fourth-order valence-corrected chi connectivity index (χ4v) is 3.12. The first-order valence-electron chi connectivity index (χ1n) is 8.88. The third kappa shape index (κ3) is 4.73. The number of esters is 1. The van der Waals surface area contributed by atoms with Gasteiger partial charge in [-0.15, -0.1) is 0 Å². The molecule has 140 valence electrons. The number of carbonyl (C=O) groups excluding carboxylic acids is 3. The lowest BCUT2D eigenvalue weighted by Gasteiger charge is -2.16. The minimum Gasteiger partial charge on any atom is -0.465 e. The van der Waals surface area contributed by atoms with E-state index in [2.05, 4.69) is 10.1 Å². The van der Waals surface area contributed by atoms with Gasteiger partial charge in [0.15, 0.2) is 0 Å². The molecule has 2 aromatic rings. The number of methoxy groups -OCH3 is 1. The van der Waals surface area contributed by atoms with Gasteiger partial charge in [0, 0.05) is 25.2 Å². The van der Waals surface area contributed by atoms with Crippen LogP contribution in [0.3, 0.4) is 0 Å². The van der Waals surface area contributed by atoms with Crippen LogP contribution in [0.2, 0.25) is 0 Å². The fraction of sp³-hybridized carbons (Fsp3) is 0.286. The number of benzene rings is 2. The number of rotatable bonds is 6. The molecule has 2 amide bonds. The van der Waals surface area contributed by atoms with Gasteiger partial charge in [0.05, 0.1) is 18.6 Å². The molecule has 1 aliphatic heterocycles. The summed E-state index contributed by atoms with van der Waals surface area (Å²) < 4.78 is 4.65. The van der Waals surface area contributed by atoms with Crippen LogP contribution < -0.4 is 5.32 Å². The Bertz CT molecular complexity index is 818. The topological polar surface area (TPSA) is 75.7 Å². The number of amides is 2. The van der Waals surface area contributed by atoms with Crippen molar-refractivity contribution in [3.05, 3.63) is 65.7 Å². The summed E-state index contributed by atoms with van der Waals surface area (Å²) in [6.45, 7) is 1.04. The van der Waals surface area contributed by atoms with Gasteiger partial charge >= 0.3 is 5.97 Å². The molecule has 1 aliphatic rings. The molecule has 3 rings (SSSR count). The molecule has 27 heavy (non-hydrogen) atoms. The van der Waals surface area contributed by atoms with Crippen molar-refractivity contribution in [2.75, 3.05) is 25.5 Å². The lowest BCUT2D eigenvalue weighted by molar-refractivity contribution is -0.128. The monoisotopic (exact) mass is 366 g/mol. The van der Waals surface area contributed by atoms with Crippen LogP contribution in [0.5, 0.6) is 0 Å². The molecule has 1 heterocycles. The number of hydrogen-bond donors (Lipinski definition) is 1. The van der Waals surface area contributed by atoms with Crippen LogP contribution in [-0.4, -0.2) is 42.9 Å². The quantitative estimate of drug-likeness (QED) is 0.797. The summed E-state index contributed by atoms with van der Waals surface area (Å²) in [4.78, 5) is 37.9. The highest BCUT2D eigenvalue weighted by Crippen LogP contribution is 2.21. The van der Waals surface area contributed by atoms with Crippen LogP contribution in [0.15, 0.2) is 54.6 Å². The molecular formula is C21H22N2O4. The number of ether oxygens (including phenoxy) is 1. The van der Waals surface area contributed by atoms with Gasteiger partial charge in [-0.1, -0.05) is 30.3 Å². The maximum Gasteiger partial charge on any atom is 0.337 e. The van der Waals surface area contributed by atoms with Crippen molar-refractivity contribution in [2.24, 2.45) is 5.92 Å². The minimum atomic E-state index is -0.427. The number of nitrogens with zero attached hydrogens (tertiary/aromatic N) is 1. The Hall–Kier alpha value is -3.15. The van der Waals surface area contributed by atoms with Gasteiger partial charge in [-0.3, -0.25) is 9.59 Å². The Kier molecular flexibility index (Phi) is 5.86. The second-order valence-electron chi connectivity index (χ2n) is 6.53. The van der Waals surface area contributed by atoms with Crippen molar-refractivity contribution in [2.45, 2.75) is 12.8 Å². The van der Waals surface area contributed by atoms with Crippen molar-refractivity contribution >= 4 is 23.5 Å². The van der Waals surface area contributed by atoms with Gasteiger partial charge in [0.2, 0.25) is 11.8 Å². The normalized spacial score (nSPS) is 16.3. The number of anilines is 1. The molecule has 0 spiro atoms. The molecule has 0 aliphatic carbocycles. The largest absolute Gasteiger partial charge is 0.465 e. The Morgan fingerprint density at radius 3 is 2.48 bits per heavy atom. The summed E-state index contributed by atoms with van der Waals surface area (Å²) in [6, 6.07) is 16.4. The molecule has 1 fully saturated rings. The molecule has 0 radical (unpaired) electrons. The molecule has 0 saturated carbocycles. The van der Waals surface area contributed by atoms with E-state index in [-0.39, 0.29) is 24.2 Å². The molecule has 0 aromatic heterocycles. The number of carbonyl (C=O) groups is 3. The van der Waals surface area contributed by atoms with Gasteiger partial charge < -0.3 is 15.0 Å². The molecule has 0 bridgehead atoms. The van der Waals surface area contributed by atoms with Gasteiger partial charge in [-0.25, -0.2) is 4.79 Å². The second kappa shape index (κ2) is 8.49. The molecule has 1 N–H and O–H groups in total. The van der Waals surface area contributed by atoms with Gasteiger partial charge in [0.25, 0.3) is 0 Å². The van der Waals surface area contributed by atoms with E-state index in [1.54, 1.807) is 29.2 Å². The van der Waals surface area contributed by atoms with Crippen molar-refractivity contribution in [1.29, 1.82) is 0 Å². The van der Waals surface area contributed by atoms with E-state index in [4.69, 9.17) is 0 Å². The molecule has 1 unspecified atom stereocenters. The Labute approximate surface area is 158 Å². The summed E-state index contributed by atoms with van der Waals surface area (Å²) >= 11 is 0. The van der Waals surface area contributed by atoms with Crippen LogP contribution in [0.25, 0.3) is 0 Å². The molecule has 1 saturated heterocycles. The minimum absolute atomic E-state index is 0.00659. The third-order valence-electron chi connectivity index (χ3n) is 4.67. The van der Waals surface area contributed by atoms with Crippen LogP contribution in [-0.2, 0) is 20.7 Å². The fourth-order valence-electron chi connectivity index (χ4n) is 3.12. The highest BCUT2D eigenvalue weighted by atomic mass is 16.5. The van der Waals surface area contributed by atoms with E-state index in [0.717, 1.165) is 6.42 Å². The van der Waals surface area contributed by atoms with E-state index >= 15 is 0 Å². The number of hydrogen-bond acceptors (Lipinski definition) is 4. The molecule has 2 aromatic carbocycles. The number of likely N-dealkylation sites (tertiary alicyclic amines) is 1. The first kappa shape index (κ1) is 18.6. The predicted octanol–water partition coefficient (Wildman–Crippen LogP) is 2.50. The van der Waals surface area contributed by atoms with Crippen molar-refractivity contribution in [3.63, 3.8) is 0 Å². The van der Waals surface area contributed by atoms with E-state index in [1.165, 1.54) is 12.7 Å². The lowest BCUT2D eigenvalue weighted by Crippen LogP contribution is -2.30. The summed E-state index contributed by atoms with van der Waals surface area (Å²) in [5.74, 6) is -0.972. The Balaban J connectivity index is 1.53. The van der Waals surface area contributed by atoms with Crippen molar-refractivity contribution in [1.82, 2.24) is 4.90 Å². The highest BCUT2D eigenvalue weighted by Gasteiger charge is 2.34. The SMILES string of the molecule is COC(=O)c1ccc(NC(=O)C2CC(=O)N(CCc3ccccc3)C2)cc1. The predicted molar refractivity (Wildman–Crippen MR) is 101 cm³/mol. The Morgan fingerprint density at radius 2 is 1.81 bits per heavy atom. The first-order valence-corrected chi connectivity index (χ1v) is 8.88. The number of nitrogens with one attached hydrogen (secondary N) is 1. The second-order valence-corrected chi connectivity index (χ2v) is 6.53. The van der Waals surface area contributed by atoms with Gasteiger partial charge in [-0.2, -0.15) is 0 Å². The first-order chi connectivity index (χ1) is 13.1. The highest BCUT2D eigenvalue weighted by molar-refractivity contribution is 5.97. The zero-order valence-corrected chi connectivity index (χ0v) is 15.2. The van der Waals surface area contributed by atoms with E-state index in [0.29, 0.717) is 24.3 Å². The zero-order valence-electron chi connectivity index (χ0n) is 15.2. The Morgan fingerprint density at radius 1 is 1.11 bits per heavy atom. The van der Waals surface area contributed by atoms with Gasteiger partial charge in [-0.05, 0) is 36.2 Å². The summed E-state index contributed by atoms with van der Waals surface area (Å²) in [7, 11) is 1.32. The summed E-state index contributed by atoms with van der Waals surface area (Å²) in [6.07, 6.45) is 0.997. The average Bonchev–Trinajstić information content (AvgIpc) is 3.08. The zero-order chi connectivity index (χ0) is 19.2. The lowest BCUT2D eigenvalue weighted by atomic mass is 10.1. The van der Waals surface area contributed by atoms with E-state index in [1.807, 2.05) is 30.3 Å². The van der Waals surface area contributed by atoms with E-state index < -0.39 is 5.97 Å². The van der Waals surface area contributed by atoms with Crippen LogP contribution in [0.4, 0.5) is 5.69 Å². The maximum absolute atomic E-state index is 12.5. The molecular weight excluding hydrogens is 344 g/mol. The van der Waals surface area contributed by atoms with E-state index in [9.17, 15) is 14.4 Å². The van der Waals surface area contributed by atoms with Crippen LogP contribution in [0, 0.1) is 5.92 Å². The third-order valence-corrected chi connectivity index (χ3v) is 4.67. The molecule has 6 nitrogen and oxygen atoms in total. The summed E-state index contributed by atoms with van der Waals surface area (Å²) in [5.41, 5.74) is 2.17. The standard InChI is InChI=1S/C21H22N2O4/c1-27-21(26)16-7-9-18(10-8-16)22-20(25)17-13-19(24)23(14-17)12-11-15-5-3-2-4-6-15/h2-10,17H,11-14H2,1H3,(H,22,25). The van der Waals surface area contributed by atoms with Crippen LogP contribution >= 0.6 is 0 Å². The summed E-state index contributed by atoms with van der Waals surface area (Å²) in [5, 5.41) is 2.81. The molecule has 6 heteroatoms. The maximum atomic E-state index is 12.5. The van der Waals surface area contributed by atoms with Crippen LogP contribution in [0.1, 0.15) is 22.3 Å². The molecule has 1 atom stereocenters. The van der Waals surface area contributed by atoms with Crippen molar-refractivity contribution in [3.8, 4) is 0 Å². The average molecular weight is 366 g/mol. The van der Waals surface area contributed by atoms with Gasteiger partial charge in [0.1, 0.15) is 0 Å².